The number of nitrogens with one attached hydrogen (secondary N) is 3. The third-order valence-corrected chi connectivity index (χ3v) is 6.01. The van der Waals surface area contributed by atoms with Gasteiger partial charge in [-0.3, -0.25) is 4.68 Å². The van der Waals surface area contributed by atoms with Crippen molar-refractivity contribution in [2.75, 3.05) is 29.9 Å². The van der Waals surface area contributed by atoms with Gasteiger partial charge in [0, 0.05) is 31.7 Å². The fraction of sp³-hybridized carbons (Fsp3) is 0.400. The molecule has 5 heterocycles. The van der Waals surface area contributed by atoms with Crippen LogP contribution in [0.2, 0.25) is 0 Å². The van der Waals surface area contributed by atoms with Gasteiger partial charge in [0.15, 0.2) is 5.65 Å². The molecule has 1 unspecified atom stereocenters. The minimum absolute atomic E-state index is 0.164. The quantitative estimate of drug-likeness (QED) is 0.562. The van der Waals surface area contributed by atoms with E-state index in [1.54, 1.807) is 4.52 Å². The molecule has 5 rings (SSSR count). The molecule has 3 N–H and O–H groups in total. The van der Waals surface area contributed by atoms with Crippen molar-refractivity contribution in [1.29, 1.82) is 5.26 Å². The maximum absolute atomic E-state index is 9.67. The summed E-state index contributed by atoms with van der Waals surface area (Å²) in [6, 6.07) is 6.46. The van der Waals surface area contributed by atoms with Gasteiger partial charge in [-0.15, -0.1) is 5.10 Å². The molecule has 0 spiro atoms. The van der Waals surface area contributed by atoms with Crippen LogP contribution in [-0.4, -0.2) is 44.0 Å². The average Bonchev–Trinajstić information content (AvgIpc) is 3.48. The summed E-state index contributed by atoms with van der Waals surface area (Å²) < 4.78 is 3.77. The normalized spacial score (nSPS) is 18.4. The Morgan fingerprint density at radius 2 is 2.27 bits per heavy atom. The number of hydrazine groups is 1. The molecule has 154 valence electrons. The molecular formula is C20H24N10. The van der Waals surface area contributed by atoms with Crippen LogP contribution in [0.1, 0.15) is 19.4 Å². The summed E-state index contributed by atoms with van der Waals surface area (Å²) in [7, 11) is 0. The molecule has 0 bridgehead atoms. The molecule has 0 saturated carbocycles. The summed E-state index contributed by atoms with van der Waals surface area (Å²) in [5.41, 5.74) is 9.54. The van der Waals surface area contributed by atoms with Crippen LogP contribution in [0.25, 0.3) is 5.65 Å². The van der Waals surface area contributed by atoms with E-state index in [-0.39, 0.29) is 11.5 Å². The number of hydrogen-bond acceptors (Lipinski definition) is 8. The van der Waals surface area contributed by atoms with E-state index >= 15 is 0 Å². The molecule has 3 aromatic rings. The van der Waals surface area contributed by atoms with Crippen LogP contribution in [0, 0.1) is 17.2 Å². The van der Waals surface area contributed by atoms with Gasteiger partial charge in [0.05, 0.1) is 36.1 Å². The second-order valence-electron chi connectivity index (χ2n) is 7.85. The van der Waals surface area contributed by atoms with E-state index in [0.717, 1.165) is 23.5 Å². The number of anilines is 2. The third-order valence-electron chi connectivity index (χ3n) is 6.01. The van der Waals surface area contributed by atoms with E-state index in [1.165, 1.54) is 5.56 Å². The predicted molar refractivity (Wildman–Crippen MR) is 112 cm³/mol. The molecule has 10 nitrogen and oxygen atoms in total. The van der Waals surface area contributed by atoms with E-state index in [4.69, 9.17) is 4.98 Å². The Bertz CT molecular complexity index is 1140. The van der Waals surface area contributed by atoms with Crippen molar-refractivity contribution in [2.45, 2.75) is 25.8 Å². The molecule has 30 heavy (non-hydrogen) atoms. The van der Waals surface area contributed by atoms with Crippen molar-refractivity contribution in [2.24, 2.45) is 5.92 Å². The maximum Gasteiger partial charge on any atom is 0.247 e. The molecule has 1 atom stereocenters. The second-order valence-corrected chi connectivity index (χ2v) is 7.85. The zero-order valence-corrected chi connectivity index (χ0v) is 17.0. The Morgan fingerprint density at radius 3 is 2.97 bits per heavy atom. The lowest BCUT2D eigenvalue weighted by Crippen LogP contribution is -2.66. The molecule has 10 heteroatoms. The molecule has 3 aromatic heterocycles. The van der Waals surface area contributed by atoms with E-state index in [2.05, 4.69) is 50.5 Å². The van der Waals surface area contributed by atoms with Crippen molar-refractivity contribution in [1.82, 2.24) is 35.2 Å². The van der Waals surface area contributed by atoms with E-state index in [0.29, 0.717) is 25.6 Å². The summed E-state index contributed by atoms with van der Waals surface area (Å²) in [6.45, 7) is 6.16. The first-order valence-corrected chi connectivity index (χ1v) is 10.1. The topological polar surface area (TPSA) is 111 Å². The van der Waals surface area contributed by atoms with E-state index in [9.17, 15) is 5.26 Å². The van der Waals surface area contributed by atoms with Crippen molar-refractivity contribution in [3.8, 4) is 6.07 Å². The molecule has 2 aliphatic rings. The van der Waals surface area contributed by atoms with Gasteiger partial charge >= 0.3 is 0 Å². The standard InChI is InChI=1S/C20H24N10/c1-3-15-8-24-30(11-15)20(14(2)7-21)12-28(13-20)17-5-4-6-29-18(17)26-19(27-29)25-16-9-22-23-10-16/h4-6,8-9,11,14,22-23H,3,10,12-13H2,1-2H3,(H,25,27). The molecule has 0 aliphatic carbocycles. The zero-order valence-electron chi connectivity index (χ0n) is 17.0. The molecule has 2 aliphatic heterocycles. The summed E-state index contributed by atoms with van der Waals surface area (Å²) in [5.74, 6) is 0.388. The molecule has 1 saturated heterocycles. The van der Waals surface area contributed by atoms with E-state index < -0.39 is 0 Å². The average molecular weight is 404 g/mol. The maximum atomic E-state index is 9.67. The second kappa shape index (κ2) is 7.03. The van der Waals surface area contributed by atoms with Crippen LogP contribution in [0.3, 0.4) is 0 Å². The fourth-order valence-electron chi connectivity index (χ4n) is 4.06. The lowest BCUT2D eigenvalue weighted by molar-refractivity contribution is 0.145. The minimum Gasteiger partial charge on any atom is -0.363 e. The van der Waals surface area contributed by atoms with Crippen LogP contribution in [0.4, 0.5) is 11.6 Å². The monoisotopic (exact) mass is 404 g/mol. The fourth-order valence-corrected chi connectivity index (χ4v) is 4.06. The van der Waals surface area contributed by atoms with E-state index in [1.807, 2.05) is 42.3 Å². The summed E-state index contributed by atoms with van der Waals surface area (Å²) in [4.78, 5) is 6.94. The lowest BCUT2D eigenvalue weighted by atomic mass is 9.78. The molecular weight excluding hydrogens is 380 g/mol. The highest BCUT2D eigenvalue weighted by molar-refractivity contribution is 5.71. The number of pyridine rings is 1. The number of hydrogen-bond donors (Lipinski definition) is 3. The number of nitrogens with zero attached hydrogens (tertiary/aromatic N) is 7. The van der Waals surface area contributed by atoms with Crippen LogP contribution < -0.4 is 21.1 Å². The number of fused-ring (bicyclic) bond motifs is 1. The Kier molecular flexibility index (Phi) is 4.33. The van der Waals surface area contributed by atoms with Gasteiger partial charge in [0.25, 0.3) is 0 Å². The Hall–Kier alpha value is -3.58. The predicted octanol–water partition coefficient (Wildman–Crippen LogP) is 1.22. The first kappa shape index (κ1) is 18.4. The van der Waals surface area contributed by atoms with Gasteiger partial charge in [-0.25, -0.2) is 9.94 Å². The molecule has 0 amide bonds. The third kappa shape index (κ3) is 2.86. The summed E-state index contributed by atoms with van der Waals surface area (Å²) >= 11 is 0. The smallest absolute Gasteiger partial charge is 0.247 e. The van der Waals surface area contributed by atoms with Crippen molar-refractivity contribution < 1.29 is 0 Å². The summed E-state index contributed by atoms with van der Waals surface area (Å²) in [6.07, 6.45) is 8.64. The highest BCUT2D eigenvalue weighted by Gasteiger charge is 2.50. The van der Waals surface area contributed by atoms with Gasteiger partial charge in [-0.05, 0) is 31.0 Å². The van der Waals surface area contributed by atoms with Crippen molar-refractivity contribution in [3.05, 3.63) is 48.2 Å². The number of nitriles is 1. The molecule has 0 aromatic carbocycles. The van der Waals surface area contributed by atoms with Crippen LogP contribution >= 0.6 is 0 Å². The largest absolute Gasteiger partial charge is 0.363 e. The van der Waals surface area contributed by atoms with Gasteiger partial charge in [0.2, 0.25) is 5.95 Å². The minimum atomic E-state index is -0.345. The highest BCUT2D eigenvalue weighted by atomic mass is 15.4. The van der Waals surface area contributed by atoms with Crippen molar-refractivity contribution >= 4 is 17.3 Å². The Morgan fingerprint density at radius 1 is 1.40 bits per heavy atom. The first-order chi connectivity index (χ1) is 14.6. The van der Waals surface area contributed by atoms with Crippen molar-refractivity contribution in [3.63, 3.8) is 0 Å². The van der Waals surface area contributed by atoms with Gasteiger partial charge < -0.3 is 15.6 Å². The lowest BCUT2D eigenvalue weighted by Gasteiger charge is -2.52. The highest BCUT2D eigenvalue weighted by Crippen LogP contribution is 2.40. The van der Waals surface area contributed by atoms with Gasteiger partial charge in [-0.1, -0.05) is 6.92 Å². The number of aryl methyl sites for hydroxylation is 1. The molecule has 1 fully saturated rings. The van der Waals surface area contributed by atoms with Crippen LogP contribution in [0.5, 0.6) is 0 Å². The number of aromatic nitrogens is 5. The van der Waals surface area contributed by atoms with Crippen LogP contribution in [-0.2, 0) is 12.0 Å². The van der Waals surface area contributed by atoms with Crippen LogP contribution in [0.15, 0.2) is 42.6 Å². The van der Waals surface area contributed by atoms with Gasteiger partial charge in [0.1, 0.15) is 5.54 Å². The summed E-state index contributed by atoms with van der Waals surface area (Å²) in [5, 5.41) is 22.0. The Balaban J connectivity index is 1.43. The molecule has 0 radical (unpaired) electrons. The Labute approximate surface area is 174 Å². The van der Waals surface area contributed by atoms with Gasteiger partial charge in [-0.2, -0.15) is 15.3 Å². The zero-order chi connectivity index (χ0) is 20.7. The SMILES string of the molecule is CCc1cnn(C2(C(C)C#N)CN(c3cccn4nc(NC5=CNNC5)nc34)C2)c1. The first-order valence-electron chi connectivity index (χ1n) is 10.1. The number of rotatable bonds is 6.